The smallest absolute Gasteiger partial charge is 0.0757 e. The van der Waals surface area contributed by atoms with Gasteiger partial charge in [0.15, 0.2) is 0 Å². The molecule has 2 aromatic heterocycles. The number of hydrogen-bond donors (Lipinski definition) is 1. The third-order valence-corrected chi connectivity index (χ3v) is 3.61. The van der Waals surface area contributed by atoms with Crippen molar-refractivity contribution in [3.63, 3.8) is 0 Å². The van der Waals surface area contributed by atoms with Crippen LogP contribution < -0.4 is 5.32 Å². The van der Waals surface area contributed by atoms with Crippen molar-refractivity contribution < 1.29 is 0 Å². The van der Waals surface area contributed by atoms with Crippen LogP contribution >= 0.6 is 0 Å². The monoisotopic (exact) mass is 277 g/mol. The number of nitrogens with zero attached hydrogens (tertiary/aromatic N) is 2. The second-order valence-corrected chi connectivity index (χ2v) is 5.09. The molecule has 1 aromatic carbocycles. The van der Waals surface area contributed by atoms with Gasteiger partial charge in [-0.3, -0.25) is 9.97 Å². The van der Waals surface area contributed by atoms with Crippen molar-refractivity contribution in [3.8, 4) is 0 Å². The van der Waals surface area contributed by atoms with Gasteiger partial charge in [0.25, 0.3) is 0 Å². The number of benzene rings is 1. The minimum absolute atomic E-state index is 0.109. The van der Waals surface area contributed by atoms with Gasteiger partial charge in [0, 0.05) is 24.0 Å². The highest BCUT2D eigenvalue weighted by atomic mass is 14.9. The lowest BCUT2D eigenvalue weighted by atomic mass is 9.97. The van der Waals surface area contributed by atoms with Crippen molar-refractivity contribution in [2.24, 2.45) is 0 Å². The first-order valence-corrected chi connectivity index (χ1v) is 7.37. The third kappa shape index (κ3) is 2.93. The number of rotatable bonds is 5. The molecule has 0 amide bonds. The molecule has 0 spiro atoms. The van der Waals surface area contributed by atoms with Crippen LogP contribution in [0.15, 0.2) is 61.1 Å². The third-order valence-electron chi connectivity index (χ3n) is 3.61. The fourth-order valence-corrected chi connectivity index (χ4v) is 2.61. The van der Waals surface area contributed by atoms with Gasteiger partial charge in [0.2, 0.25) is 0 Å². The van der Waals surface area contributed by atoms with E-state index in [4.69, 9.17) is 0 Å². The van der Waals surface area contributed by atoms with Crippen molar-refractivity contribution >= 4 is 10.8 Å². The molecule has 2 heterocycles. The van der Waals surface area contributed by atoms with E-state index in [1.807, 2.05) is 30.7 Å². The summed E-state index contributed by atoms with van der Waals surface area (Å²) in [7, 11) is 0. The number of aromatic nitrogens is 2. The molecule has 0 aliphatic heterocycles. The van der Waals surface area contributed by atoms with E-state index < -0.39 is 0 Å². The van der Waals surface area contributed by atoms with Crippen LogP contribution in [0.4, 0.5) is 0 Å². The van der Waals surface area contributed by atoms with Gasteiger partial charge in [0.1, 0.15) is 0 Å². The highest BCUT2D eigenvalue weighted by molar-refractivity contribution is 5.85. The predicted octanol–water partition coefficient (Wildman–Crippen LogP) is 3.72. The quantitative estimate of drug-likeness (QED) is 0.772. The van der Waals surface area contributed by atoms with E-state index in [-0.39, 0.29) is 6.04 Å². The summed E-state index contributed by atoms with van der Waals surface area (Å²) in [6, 6.07) is 14.6. The van der Waals surface area contributed by atoms with Crippen LogP contribution in [-0.4, -0.2) is 16.5 Å². The number of nitrogens with one attached hydrogen (secondary N) is 1. The van der Waals surface area contributed by atoms with E-state index in [1.165, 1.54) is 10.9 Å². The molecular weight excluding hydrogens is 258 g/mol. The summed E-state index contributed by atoms with van der Waals surface area (Å²) < 4.78 is 0. The van der Waals surface area contributed by atoms with E-state index in [9.17, 15) is 0 Å². The zero-order valence-electron chi connectivity index (χ0n) is 12.2. The lowest BCUT2D eigenvalue weighted by Crippen LogP contribution is -2.24. The van der Waals surface area contributed by atoms with E-state index in [0.29, 0.717) is 0 Å². The fraction of sp³-hybridized carbons (Fsp3) is 0.222. The summed E-state index contributed by atoms with van der Waals surface area (Å²) >= 11 is 0. The molecule has 3 rings (SSSR count). The molecule has 0 aliphatic carbocycles. The average Bonchev–Trinajstić information content (AvgIpc) is 2.56. The van der Waals surface area contributed by atoms with E-state index in [1.54, 1.807) is 0 Å². The molecule has 0 fully saturated rings. The summed E-state index contributed by atoms with van der Waals surface area (Å²) in [5, 5.41) is 6.00. The van der Waals surface area contributed by atoms with E-state index in [2.05, 4.69) is 52.5 Å². The van der Waals surface area contributed by atoms with E-state index in [0.717, 1.165) is 24.0 Å². The van der Waals surface area contributed by atoms with Crippen LogP contribution in [0.2, 0.25) is 0 Å². The second kappa shape index (κ2) is 6.46. The Morgan fingerprint density at radius 1 is 1.05 bits per heavy atom. The Bertz CT molecular complexity index is 704. The molecule has 0 saturated carbocycles. The van der Waals surface area contributed by atoms with Gasteiger partial charge in [-0.05, 0) is 42.1 Å². The summed E-state index contributed by atoms with van der Waals surface area (Å²) in [6.07, 6.45) is 6.70. The largest absolute Gasteiger partial charge is 0.305 e. The zero-order chi connectivity index (χ0) is 14.5. The first-order chi connectivity index (χ1) is 10.4. The maximum atomic E-state index is 4.54. The Labute approximate surface area is 125 Å². The van der Waals surface area contributed by atoms with Crippen molar-refractivity contribution in [3.05, 3.63) is 72.3 Å². The number of hydrogen-bond acceptors (Lipinski definition) is 3. The SMILES string of the molecule is CCCNC(c1ccccn1)c1cccc2cnccc12. The lowest BCUT2D eigenvalue weighted by Gasteiger charge is -2.20. The average molecular weight is 277 g/mol. The van der Waals surface area contributed by atoms with Crippen molar-refractivity contribution in [1.29, 1.82) is 0 Å². The summed E-state index contributed by atoms with van der Waals surface area (Å²) in [5.41, 5.74) is 2.30. The van der Waals surface area contributed by atoms with Crippen LogP contribution in [-0.2, 0) is 0 Å². The zero-order valence-corrected chi connectivity index (χ0v) is 12.2. The predicted molar refractivity (Wildman–Crippen MR) is 86.1 cm³/mol. The molecule has 1 N–H and O–H groups in total. The molecule has 0 radical (unpaired) electrons. The molecule has 1 atom stereocenters. The Morgan fingerprint density at radius 3 is 2.81 bits per heavy atom. The minimum atomic E-state index is 0.109. The minimum Gasteiger partial charge on any atom is -0.305 e. The molecule has 1 unspecified atom stereocenters. The molecule has 3 aromatic rings. The molecule has 0 saturated heterocycles. The molecule has 3 nitrogen and oxygen atoms in total. The molecule has 3 heteroatoms. The fourth-order valence-electron chi connectivity index (χ4n) is 2.61. The van der Waals surface area contributed by atoms with Gasteiger partial charge < -0.3 is 5.32 Å². The van der Waals surface area contributed by atoms with Gasteiger partial charge >= 0.3 is 0 Å². The molecule has 21 heavy (non-hydrogen) atoms. The molecular formula is C18H19N3. The highest BCUT2D eigenvalue weighted by Crippen LogP contribution is 2.27. The topological polar surface area (TPSA) is 37.8 Å². The Morgan fingerprint density at radius 2 is 2.00 bits per heavy atom. The highest BCUT2D eigenvalue weighted by Gasteiger charge is 2.16. The van der Waals surface area contributed by atoms with Crippen LogP contribution in [0.5, 0.6) is 0 Å². The van der Waals surface area contributed by atoms with Crippen LogP contribution in [0.1, 0.15) is 30.6 Å². The normalized spacial score (nSPS) is 12.4. The standard InChI is InChI=1S/C18H19N3/c1-2-10-21-18(17-8-3-4-11-20-17)16-7-5-6-14-13-19-12-9-15(14)16/h3-9,11-13,18,21H,2,10H2,1H3. The van der Waals surface area contributed by atoms with Gasteiger partial charge in [-0.15, -0.1) is 0 Å². The summed E-state index contributed by atoms with van der Waals surface area (Å²) in [6.45, 7) is 3.14. The van der Waals surface area contributed by atoms with Crippen molar-refractivity contribution in [2.45, 2.75) is 19.4 Å². The van der Waals surface area contributed by atoms with Gasteiger partial charge in [-0.2, -0.15) is 0 Å². The first-order valence-electron chi connectivity index (χ1n) is 7.37. The number of fused-ring (bicyclic) bond motifs is 1. The van der Waals surface area contributed by atoms with Crippen LogP contribution in [0.3, 0.4) is 0 Å². The number of pyridine rings is 2. The first kappa shape index (κ1) is 13.7. The summed E-state index contributed by atoms with van der Waals surface area (Å²) in [5.74, 6) is 0. The Hall–Kier alpha value is -2.26. The maximum absolute atomic E-state index is 4.54. The maximum Gasteiger partial charge on any atom is 0.0757 e. The second-order valence-electron chi connectivity index (χ2n) is 5.09. The van der Waals surface area contributed by atoms with Crippen molar-refractivity contribution in [1.82, 2.24) is 15.3 Å². The van der Waals surface area contributed by atoms with Crippen LogP contribution in [0, 0.1) is 0 Å². The molecule has 0 bridgehead atoms. The Kier molecular flexibility index (Phi) is 4.22. The summed E-state index contributed by atoms with van der Waals surface area (Å²) in [4.78, 5) is 8.75. The van der Waals surface area contributed by atoms with E-state index >= 15 is 0 Å². The van der Waals surface area contributed by atoms with Crippen molar-refractivity contribution in [2.75, 3.05) is 6.54 Å². The van der Waals surface area contributed by atoms with Crippen LogP contribution in [0.25, 0.3) is 10.8 Å². The van der Waals surface area contributed by atoms with Gasteiger partial charge in [-0.25, -0.2) is 0 Å². The van der Waals surface area contributed by atoms with Gasteiger partial charge in [-0.1, -0.05) is 31.2 Å². The van der Waals surface area contributed by atoms with Gasteiger partial charge in [0.05, 0.1) is 11.7 Å². The molecule has 0 aliphatic rings. The molecule has 106 valence electrons. The Balaban J connectivity index is 2.10. The lowest BCUT2D eigenvalue weighted by molar-refractivity contribution is 0.589.